The number of carbonyl (C=O) groups excluding carboxylic acids is 1. The van der Waals surface area contributed by atoms with Crippen LogP contribution in [0.3, 0.4) is 0 Å². The third-order valence-electron chi connectivity index (χ3n) is 3.84. The van der Waals surface area contributed by atoms with Gasteiger partial charge in [-0.2, -0.15) is 0 Å². The van der Waals surface area contributed by atoms with Crippen molar-refractivity contribution in [2.75, 3.05) is 34.4 Å². The topological polar surface area (TPSA) is 63.9 Å². The first kappa shape index (κ1) is 18.9. The highest BCUT2D eigenvalue weighted by atomic mass is 16.5. The second-order valence-corrected chi connectivity index (χ2v) is 5.92. The van der Waals surface area contributed by atoms with Crippen molar-refractivity contribution in [1.29, 1.82) is 0 Å². The molecule has 0 unspecified atom stereocenters. The monoisotopic (exact) mass is 346 g/mol. The molecule has 6 heteroatoms. The molecule has 0 saturated carbocycles. The van der Waals surface area contributed by atoms with Gasteiger partial charge in [0, 0.05) is 12.1 Å². The number of likely N-dealkylation sites (N-methyl/N-ethyl adjacent to an activating group) is 1. The Hall–Kier alpha value is -2.47. The highest BCUT2D eigenvalue weighted by Crippen LogP contribution is 2.28. The van der Waals surface area contributed by atoms with E-state index in [0.29, 0.717) is 30.2 Å². The number of carbonyl (C=O) groups is 1. The average molecular weight is 346 g/mol. The first-order chi connectivity index (χ1) is 12.1. The zero-order valence-electron chi connectivity index (χ0n) is 15.2. The average Bonchev–Trinajstić information content (AvgIpc) is 3.13. The molecule has 1 heterocycles. The number of methoxy groups -OCH3 is 1. The van der Waals surface area contributed by atoms with Crippen LogP contribution in [-0.4, -0.2) is 45.2 Å². The molecular formula is C19H26N2O4. The lowest BCUT2D eigenvalue weighted by Crippen LogP contribution is -2.34. The van der Waals surface area contributed by atoms with Crippen LogP contribution in [0.15, 0.2) is 41.0 Å². The van der Waals surface area contributed by atoms with Crippen LogP contribution in [0.25, 0.3) is 0 Å². The van der Waals surface area contributed by atoms with Gasteiger partial charge in [-0.25, -0.2) is 0 Å². The third kappa shape index (κ3) is 5.00. The summed E-state index contributed by atoms with van der Waals surface area (Å²) in [5.41, 5.74) is 0.526. The number of amides is 1. The van der Waals surface area contributed by atoms with Crippen LogP contribution in [0.5, 0.6) is 11.5 Å². The Morgan fingerprint density at radius 3 is 2.68 bits per heavy atom. The van der Waals surface area contributed by atoms with Crippen molar-refractivity contribution in [3.05, 3.63) is 47.9 Å². The van der Waals surface area contributed by atoms with Gasteiger partial charge >= 0.3 is 0 Å². The molecule has 0 fully saturated rings. The number of nitrogens with zero attached hydrogens (tertiary/aromatic N) is 1. The van der Waals surface area contributed by atoms with Crippen molar-refractivity contribution >= 4 is 5.91 Å². The molecule has 0 radical (unpaired) electrons. The molecule has 1 N–H and O–H groups in total. The molecule has 1 aromatic heterocycles. The summed E-state index contributed by atoms with van der Waals surface area (Å²) in [6.45, 7) is 3.08. The maximum Gasteiger partial charge on any atom is 0.251 e. The van der Waals surface area contributed by atoms with Crippen molar-refractivity contribution < 1.29 is 18.7 Å². The molecule has 0 spiro atoms. The van der Waals surface area contributed by atoms with Gasteiger partial charge in [-0.15, -0.1) is 0 Å². The predicted octanol–water partition coefficient (Wildman–Crippen LogP) is 3.11. The van der Waals surface area contributed by atoms with Gasteiger partial charge in [-0.05, 0) is 50.8 Å². The summed E-state index contributed by atoms with van der Waals surface area (Å²) in [5.74, 6) is 1.84. The van der Waals surface area contributed by atoms with Crippen LogP contribution in [0, 0.1) is 0 Å². The van der Waals surface area contributed by atoms with E-state index in [2.05, 4.69) is 5.32 Å². The van der Waals surface area contributed by atoms with Crippen LogP contribution in [-0.2, 0) is 0 Å². The van der Waals surface area contributed by atoms with Gasteiger partial charge in [0.05, 0.1) is 26.0 Å². The Labute approximate surface area is 148 Å². The van der Waals surface area contributed by atoms with E-state index in [1.54, 1.807) is 31.6 Å². The summed E-state index contributed by atoms with van der Waals surface area (Å²) in [6.07, 6.45) is 2.54. The fraction of sp³-hybridized carbons (Fsp3) is 0.421. The van der Waals surface area contributed by atoms with Crippen LogP contribution in [0.2, 0.25) is 0 Å². The van der Waals surface area contributed by atoms with Crippen LogP contribution in [0.1, 0.15) is 35.5 Å². The lowest BCUT2D eigenvalue weighted by atomic mass is 10.1. The van der Waals surface area contributed by atoms with Crippen molar-refractivity contribution in [2.45, 2.75) is 19.4 Å². The van der Waals surface area contributed by atoms with Crippen molar-refractivity contribution in [3.8, 4) is 11.5 Å². The Balaban J connectivity index is 2.04. The minimum atomic E-state index is -0.168. The molecule has 2 rings (SSSR count). The number of rotatable bonds is 9. The molecule has 1 atom stereocenters. The van der Waals surface area contributed by atoms with E-state index in [1.165, 1.54) is 0 Å². The quantitative estimate of drug-likeness (QED) is 0.756. The molecular weight excluding hydrogens is 320 g/mol. The van der Waals surface area contributed by atoms with E-state index in [1.807, 2.05) is 38.1 Å². The first-order valence-corrected chi connectivity index (χ1v) is 8.35. The molecule has 25 heavy (non-hydrogen) atoms. The number of furan rings is 1. The molecule has 0 aliphatic carbocycles. The molecule has 6 nitrogen and oxygen atoms in total. The lowest BCUT2D eigenvalue weighted by molar-refractivity contribution is 0.0938. The highest BCUT2D eigenvalue weighted by molar-refractivity contribution is 5.94. The SMILES string of the molecule is CCCOc1ccc(C(=O)NC[C@H](c2ccco2)N(C)C)cc1OC. The van der Waals surface area contributed by atoms with Crippen molar-refractivity contribution in [1.82, 2.24) is 10.2 Å². The zero-order valence-corrected chi connectivity index (χ0v) is 15.2. The Kier molecular flexibility index (Phi) is 6.89. The third-order valence-corrected chi connectivity index (χ3v) is 3.84. The molecule has 0 saturated heterocycles. The van der Waals surface area contributed by atoms with E-state index in [0.717, 1.165) is 12.2 Å². The van der Waals surface area contributed by atoms with Gasteiger partial charge in [-0.3, -0.25) is 9.69 Å². The minimum absolute atomic E-state index is 0.0343. The molecule has 0 aliphatic heterocycles. The first-order valence-electron chi connectivity index (χ1n) is 8.35. The summed E-state index contributed by atoms with van der Waals surface area (Å²) in [7, 11) is 5.46. The van der Waals surface area contributed by atoms with Gasteiger partial charge in [0.15, 0.2) is 11.5 Å². The van der Waals surface area contributed by atoms with Gasteiger partial charge in [0.2, 0.25) is 0 Å². The summed E-state index contributed by atoms with van der Waals surface area (Å²) < 4.78 is 16.4. The van der Waals surface area contributed by atoms with Crippen LogP contribution < -0.4 is 14.8 Å². The van der Waals surface area contributed by atoms with Gasteiger partial charge < -0.3 is 19.2 Å². The smallest absolute Gasteiger partial charge is 0.251 e. The maximum absolute atomic E-state index is 12.5. The lowest BCUT2D eigenvalue weighted by Gasteiger charge is -2.22. The molecule has 0 bridgehead atoms. The van der Waals surface area contributed by atoms with Crippen LogP contribution >= 0.6 is 0 Å². The fourth-order valence-electron chi connectivity index (χ4n) is 2.45. The predicted molar refractivity (Wildman–Crippen MR) is 96.2 cm³/mol. The second-order valence-electron chi connectivity index (χ2n) is 5.92. The van der Waals surface area contributed by atoms with E-state index >= 15 is 0 Å². The van der Waals surface area contributed by atoms with E-state index in [-0.39, 0.29) is 11.9 Å². The molecule has 0 aliphatic rings. The largest absolute Gasteiger partial charge is 0.493 e. The highest BCUT2D eigenvalue weighted by Gasteiger charge is 2.19. The normalized spacial score (nSPS) is 12.0. The summed E-state index contributed by atoms with van der Waals surface area (Å²) in [5, 5.41) is 2.95. The molecule has 136 valence electrons. The Morgan fingerprint density at radius 1 is 1.28 bits per heavy atom. The van der Waals surface area contributed by atoms with Crippen molar-refractivity contribution in [3.63, 3.8) is 0 Å². The number of hydrogen-bond acceptors (Lipinski definition) is 5. The van der Waals surface area contributed by atoms with Crippen molar-refractivity contribution in [2.24, 2.45) is 0 Å². The fourth-order valence-corrected chi connectivity index (χ4v) is 2.45. The van der Waals surface area contributed by atoms with Gasteiger partial charge in [0.25, 0.3) is 5.91 Å². The van der Waals surface area contributed by atoms with E-state index < -0.39 is 0 Å². The minimum Gasteiger partial charge on any atom is -0.493 e. The molecule has 1 aromatic carbocycles. The molecule has 2 aromatic rings. The van der Waals surface area contributed by atoms with Crippen LogP contribution in [0.4, 0.5) is 0 Å². The summed E-state index contributed by atoms with van der Waals surface area (Å²) >= 11 is 0. The van der Waals surface area contributed by atoms with Gasteiger partial charge in [-0.1, -0.05) is 6.92 Å². The second kappa shape index (κ2) is 9.13. The standard InChI is InChI=1S/C19H26N2O4/c1-5-10-24-17-9-8-14(12-18(17)23-4)19(22)20-13-15(21(2)3)16-7-6-11-25-16/h6-9,11-12,15H,5,10,13H2,1-4H3,(H,20,22)/t15-/m1/s1. The Morgan fingerprint density at radius 2 is 2.08 bits per heavy atom. The number of nitrogens with one attached hydrogen (secondary N) is 1. The van der Waals surface area contributed by atoms with Gasteiger partial charge in [0.1, 0.15) is 5.76 Å². The summed E-state index contributed by atoms with van der Waals surface area (Å²) in [6, 6.07) is 8.90. The number of ether oxygens (including phenoxy) is 2. The summed E-state index contributed by atoms with van der Waals surface area (Å²) in [4.78, 5) is 14.5. The number of benzene rings is 1. The van der Waals surface area contributed by atoms with E-state index in [4.69, 9.17) is 13.9 Å². The number of hydrogen-bond donors (Lipinski definition) is 1. The Bertz CT molecular complexity index is 668. The zero-order chi connectivity index (χ0) is 18.2. The van der Waals surface area contributed by atoms with E-state index in [9.17, 15) is 4.79 Å². The maximum atomic E-state index is 12.5. The molecule has 1 amide bonds.